The predicted molar refractivity (Wildman–Crippen MR) is 135 cm³/mol. The van der Waals surface area contributed by atoms with Crippen molar-refractivity contribution in [1.82, 2.24) is 4.90 Å². The maximum atomic E-state index is 12.9. The number of carbonyl (C=O) groups excluding carboxylic acids is 2. The Hall–Kier alpha value is -3.84. The number of ether oxygens (including phenoxy) is 2. The summed E-state index contributed by atoms with van der Waals surface area (Å²) in [5.41, 5.74) is 4.17. The molecule has 3 aromatic carbocycles. The molecule has 1 amide bonds. The van der Waals surface area contributed by atoms with Gasteiger partial charge in [-0.25, -0.2) is 9.79 Å². The first-order valence-corrected chi connectivity index (χ1v) is 11.5. The summed E-state index contributed by atoms with van der Waals surface area (Å²) in [5, 5.41) is 0.556. The molecule has 0 atom stereocenters. The van der Waals surface area contributed by atoms with Crippen molar-refractivity contribution in [2.24, 2.45) is 4.99 Å². The van der Waals surface area contributed by atoms with Crippen LogP contribution < -0.4 is 4.74 Å². The lowest BCUT2D eigenvalue weighted by Crippen LogP contribution is -2.23. The van der Waals surface area contributed by atoms with Gasteiger partial charge in [-0.2, -0.15) is 0 Å². The molecule has 0 aromatic heterocycles. The SMILES string of the molecule is COC(=O)c1ccc(N=C2S/C(=C\c3ccccc3OCc3cccc(C)c3)C(=O)N2C)cc1. The molecule has 3 aromatic rings. The van der Waals surface area contributed by atoms with Crippen molar-refractivity contribution in [2.75, 3.05) is 14.2 Å². The third-order valence-electron chi connectivity index (χ3n) is 5.20. The molecule has 1 aliphatic heterocycles. The molecule has 6 nitrogen and oxygen atoms in total. The summed E-state index contributed by atoms with van der Waals surface area (Å²) in [7, 11) is 3.03. The number of amidine groups is 1. The number of hydrogen-bond donors (Lipinski definition) is 0. The normalized spacial score (nSPS) is 15.7. The summed E-state index contributed by atoms with van der Waals surface area (Å²) < 4.78 is 10.8. The minimum atomic E-state index is -0.407. The van der Waals surface area contributed by atoms with Crippen molar-refractivity contribution in [3.05, 3.63) is 100.0 Å². The number of esters is 1. The quantitative estimate of drug-likeness (QED) is 0.345. The highest BCUT2D eigenvalue weighted by atomic mass is 32.2. The Morgan fingerprint density at radius 3 is 2.56 bits per heavy atom. The van der Waals surface area contributed by atoms with E-state index >= 15 is 0 Å². The molecule has 0 unspecified atom stereocenters. The van der Waals surface area contributed by atoms with Crippen LogP contribution in [0.4, 0.5) is 5.69 Å². The molecule has 0 N–H and O–H groups in total. The fourth-order valence-electron chi connectivity index (χ4n) is 3.39. The van der Waals surface area contributed by atoms with E-state index in [1.165, 1.54) is 29.3 Å². The molecular weight excluding hydrogens is 448 g/mol. The van der Waals surface area contributed by atoms with Crippen molar-refractivity contribution in [3.8, 4) is 5.75 Å². The van der Waals surface area contributed by atoms with Crippen molar-refractivity contribution < 1.29 is 19.1 Å². The number of para-hydroxylation sites is 1. The molecule has 7 heteroatoms. The first kappa shape index (κ1) is 23.3. The van der Waals surface area contributed by atoms with Crippen molar-refractivity contribution in [1.29, 1.82) is 0 Å². The molecule has 0 spiro atoms. The fourth-order valence-corrected chi connectivity index (χ4v) is 4.37. The number of aryl methyl sites for hydroxylation is 1. The summed E-state index contributed by atoms with van der Waals surface area (Å²) in [5.74, 6) is 0.162. The molecule has 34 heavy (non-hydrogen) atoms. The van der Waals surface area contributed by atoms with Gasteiger partial charge in [-0.15, -0.1) is 0 Å². The van der Waals surface area contributed by atoms with E-state index in [1.54, 1.807) is 31.3 Å². The van der Waals surface area contributed by atoms with Crippen molar-refractivity contribution in [3.63, 3.8) is 0 Å². The van der Waals surface area contributed by atoms with Crippen LogP contribution in [0.1, 0.15) is 27.0 Å². The molecule has 1 aliphatic rings. The zero-order valence-corrected chi connectivity index (χ0v) is 20.0. The molecule has 0 saturated carbocycles. The lowest BCUT2D eigenvalue weighted by molar-refractivity contribution is -0.121. The van der Waals surface area contributed by atoms with E-state index in [2.05, 4.69) is 11.1 Å². The maximum absolute atomic E-state index is 12.9. The van der Waals surface area contributed by atoms with Crippen LogP contribution in [-0.4, -0.2) is 36.1 Å². The smallest absolute Gasteiger partial charge is 0.337 e. The Bertz CT molecular complexity index is 1280. The minimum absolute atomic E-state index is 0.136. The van der Waals surface area contributed by atoms with Gasteiger partial charge in [0, 0.05) is 12.6 Å². The van der Waals surface area contributed by atoms with Gasteiger partial charge in [0.2, 0.25) is 0 Å². The van der Waals surface area contributed by atoms with E-state index in [0.29, 0.717) is 33.7 Å². The Kier molecular flexibility index (Phi) is 7.13. The summed E-state index contributed by atoms with van der Waals surface area (Å²) >= 11 is 1.30. The number of thioether (sulfide) groups is 1. The highest BCUT2D eigenvalue weighted by Gasteiger charge is 2.30. The number of methoxy groups -OCH3 is 1. The van der Waals surface area contributed by atoms with Crippen LogP contribution in [0.2, 0.25) is 0 Å². The summed E-state index contributed by atoms with van der Waals surface area (Å²) in [4.78, 5) is 31.1. The Morgan fingerprint density at radius 2 is 1.82 bits per heavy atom. The number of rotatable bonds is 6. The van der Waals surface area contributed by atoms with Gasteiger partial charge >= 0.3 is 5.97 Å². The van der Waals surface area contributed by atoms with Gasteiger partial charge in [-0.3, -0.25) is 9.69 Å². The highest BCUT2D eigenvalue weighted by molar-refractivity contribution is 8.18. The zero-order chi connectivity index (χ0) is 24.1. The van der Waals surface area contributed by atoms with Gasteiger partial charge < -0.3 is 9.47 Å². The first-order chi connectivity index (χ1) is 16.4. The standard InChI is InChI=1S/C27H24N2O4S/c1-18-7-6-8-19(15-18)17-33-23-10-5-4-9-21(23)16-24-25(30)29(2)27(34-24)28-22-13-11-20(12-14-22)26(31)32-3/h4-16H,17H2,1-3H3/b24-16-,28-27?. The van der Waals surface area contributed by atoms with Gasteiger partial charge in [-0.1, -0.05) is 48.0 Å². The van der Waals surface area contributed by atoms with E-state index in [1.807, 2.05) is 55.5 Å². The van der Waals surface area contributed by atoms with Crippen LogP contribution >= 0.6 is 11.8 Å². The maximum Gasteiger partial charge on any atom is 0.337 e. The second-order valence-electron chi connectivity index (χ2n) is 7.72. The fraction of sp³-hybridized carbons (Fsp3) is 0.148. The minimum Gasteiger partial charge on any atom is -0.488 e. The second-order valence-corrected chi connectivity index (χ2v) is 8.73. The lowest BCUT2D eigenvalue weighted by Gasteiger charge is -2.10. The molecule has 172 valence electrons. The molecule has 1 saturated heterocycles. The van der Waals surface area contributed by atoms with Crippen molar-refractivity contribution in [2.45, 2.75) is 13.5 Å². The number of benzene rings is 3. The van der Waals surface area contributed by atoms with Crippen LogP contribution in [0, 0.1) is 6.92 Å². The van der Waals surface area contributed by atoms with Gasteiger partial charge in [0.1, 0.15) is 12.4 Å². The molecule has 1 fully saturated rings. The van der Waals surface area contributed by atoms with Crippen molar-refractivity contribution >= 4 is 40.6 Å². The van der Waals surface area contributed by atoms with Gasteiger partial charge in [-0.05, 0) is 60.7 Å². The van der Waals surface area contributed by atoms with Gasteiger partial charge in [0.05, 0.1) is 23.3 Å². The molecule has 0 bridgehead atoms. The highest BCUT2D eigenvalue weighted by Crippen LogP contribution is 2.35. The number of aliphatic imine (C=N–C) groups is 1. The Balaban J connectivity index is 1.53. The van der Waals surface area contributed by atoms with E-state index in [4.69, 9.17) is 9.47 Å². The molecule has 1 heterocycles. The summed E-state index contributed by atoms with van der Waals surface area (Å²) in [6.45, 7) is 2.49. The summed E-state index contributed by atoms with van der Waals surface area (Å²) in [6.07, 6.45) is 1.83. The lowest BCUT2D eigenvalue weighted by atomic mass is 10.1. The first-order valence-electron chi connectivity index (χ1n) is 10.7. The zero-order valence-electron chi connectivity index (χ0n) is 19.1. The van der Waals surface area contributed by atoms with Gasteiger partial charge in [0.25, 0.3) is 5.91 Å². The predicted octanol–water partition coefficient (Wildman–Crippen LogP) is 5.59. The number of hydrogen-bond acceptors (Lipinski definition) is 6. The molecular formula is C27H24N2O4S. The van der Waals surface area contributed by atoms with E-state index < -0.39 is 5.97 Å². The molecule has 0 aliphatic carbocycles. The average Bonchev–Trinajstić information content (AvgIpc) is 3.11. The van der Waals surface area contributed by atoms with Crippen LogP contribution in [0.3, 0.4) is 0 Å². The number of amides is 1. The van der Waals surface area contributed by atoms with Crippen LogP contribution in [0.25, 0.3) is 6.08 Å². The average molecular weight is 473 g/mol. The second kappa shape index (κ2) is 10.4. The number of carbonyl (C=O) groups is 2. The molecule has 0 radical (unpaired) electrons. The third-order valence-corrected chi connectivity index (χ3v) is 6.26. The largest absolute Gasteiger partial charge is 0.488 e. The van der Waals surface area contributed by atoms with Crippen LogP contribution in [-0.2, 0) is 16.1 Å². The van der Waals surface area contributed by atoms with Gasteiger partial charge in [0.15, 0.2) is 5.17 Å². The van der Waals surface area contributed by atoms with E-state index in [0.717, 1.165) is 11.1 Å². The van der Waals surface area contributed by atoms with Crippen LogP contribution in [0.5, 0.6) is 5.75 Å². The van der Waals surface area contributed by atoms with Crippen LogP contribution in [0.15, 0.2) is 82.7 Å². The Labute approximate surface area is 202 Å². The number of nitrogens with zero attached hydrogens (tertiary/aromatic N) is 2. The summed E-state index contributed by atoms with van der Waals surface area (Å²) in [6, 6.07) is 22.5. The van der Waals surface area contributed by atoms with E-state index in [9.17, 15) is 9.59 Å². The molecule has 4 rings (SSSR count). The van der Waals surface area contributed by atoms with E-state index in [-0.39, 0.29) is 5.91 Å². The number of likely N-dealkylation sites (N-methyl/N-ethyl adjacent to an activating group) is 1. The Morgan fingerprint density at radius 1 is 1.06 bits per heavy atom. The third kappa shape index (κ3) is 5.38. The monoisotopic (exact) mass is 472 g/mol. The topological polar surface area (TPSA) is 68.2 Å².